The topological polar surface area (TPSA) is 81.0 Å². The molecule has 0 spiro atoms. The van der Waals surface area contributed by atoms with E-state index in [2.05, 4.69) is 20.0 Å². The van der Waals surface area contributed by atoms with Gasteiger partial charge >= 0.3 is 18.0 Å². The van der Waals surface area contributed by atoms with Crippen molar-refractivity contribution in [2.45, 2.75) is 44.3 Å². The van der Waals surface area contributed by atoms with E-state index in [1.54, 1.807) is 12.4 Å². The summed E-state index contributed by atoms with van der Waals surface area (Å²) in [6.07, 6.45) is -6.13. The molecule has 1 aliphatic rings. The highest BCUT2D eigenvalue weighted by Crippen LogP contribution is 2.43. The van der Waals surface area contributed by atoms with E-state index in [1.165, 1.54) is 12.3 Å². The highest BCUT2D eigenvalue weighted by Gasteiger charge is 2.45. The smallest absolute Gasteiger partial charge is 0.401 e. The Morgan fingerprint density at radius 1 is 1.05 bits per heavy atom. The lowest BCUT2D eigenvalue weighted by molar-refractivity contribution is -0.148. The van der Waals surface area contributed by atoms with Crippen molar-refractivity contribution in [3.63, 3.8) is 0 Å². The number of fused-ring (bicyclic) bond motifs is 1. The second-order valence-corrected chi connectivity index (χ2v) is 9.69. The first-order valence-electron chi connectivity index (χ1n) is 12.2. The monoisotopic (exact) mass is 572 g/mol. The molecule has 214 valence electrons. The number of likely N-dealkylation sites (tertiary alicyclic amines) is 1. The lowest BCUT2D eigenvalue weighted by atomic mass is 9.95. The molecule has 0 bridgehead atoms. The summed E-state index contributed by atoms with van der Waals surface area (Å²) in [6.45, 7) is 2.69. The number of halogens is 7. The number of pyridine rings is 1. The van der Waals surface area contributed by atoms with Gasteiger partial charge in [-0.15, -0.1) is 4.73 Å². The Kier molecular flexibility index (Phi) is 6.88. The van der Waals surface area contributed by atoms with E-state index in [9.17, 15) is 35.5 Å². The molecular weight excluding hydrogens is 549 g/mol. The Balaban J connectivity index is 1.52. The maximum atomic E-state index is 14.2. The molecule has 3 aromatic heterocycles. The first-order chi connectivity index (χ1) is 18.7. The number of nitrogens with one attached hydrogen (secondary N) is 1. The number of hydrogen-bond acceptors (Lipinski definition) is 5. The molecule has 0 amide bonds. The van der Waals surface area contributed by atoms with Crippen LogP contribution in [0.2, 0.25) is 0 Å². The number of nitrogens with zero attached hydrogens (tertiary/aromatic N) is 5. The van der Waals surface area contributed by atoms with E-state index in [4.69, 9.17) is 4.84 Å². The second-order valence-electron chi connectivity index (χ2n) is 9.69. The van der Waals surface area contributed by atoms with E-state index in [-0.39, 0.29) is 29.3 Å². The van der Waals surface area contributed by atoms with Crippen LogP contribution in [0.3, 0.4) is 0 Å². The van der Waals surface area contributed by atoms with Gasteiger partial charge in [-0.1, -0.05) is 0 Å². The Morgan fingerprint density at radius 3 is 2.40 bits per heavy atom. The maximum absolute atomic E-state index is 14.2. The number of hydrogen-bond donors (Lipinski definition) is 1. The minimum Gasteiger partial charge on any atom is -0.401 e. The van der Waals surface area contributed by atoms with Gasteiger partial charge in [0.05, 0.1) is 23.4 Å². The van der Waals surface area contributed by atoms with Crippen molar-refractivity contribution in [1.29, 1.82) is 0 Å². The lowest BCUT2D eigenvalue weighted by Crippen LogP contribution is -2.31. The molecule has 5 rings (SSSR count). The van der Waals surface area contributed by atoms with Crippen LogP contribution in [0.4, 0.5) is 30.7 Å². The normalized spacial score (nSPS) is 16.5. The van der Waals surface area contributed by atoms with Gasteiger partial charge in [0.2, 0.25) is 0 Å². The summed E-state index contributed by atoms with van der Waals surface area (Å²) in [4.78, 5) is 26.7. The van der Waals surface area contributed by atoms with E-state index in [0.717, 1.165) is 32.9 Å². The first-order valence-corrected chi connectivity index (χ1v) is 12.2. The number of piperidine rings is 1. The van der Waals surface area contributed by atoms with Crippen molar-refractivity contribution < 1.29 is 35.6 Å². The zero-order valence-electron chi connectivity index (χ0n) is 21.1. The molecule has 1 saturated heterocycles. The van der Waals surface area contributed by atoms with Crippen LogP contribution in [0, 0.1) is 5.82 Å². The third kappa shape index (κ3) is 5.17. The number of alkyl halides is 6. The Hall–Kier alpha value is -3.88. The van der Waals surface area contributed by atoms with Gasteiger partial charge in [0.15, 0.2) is 5.65 Å². The number of aromatic nitrogens is 5. The molecule has 4 aromatic rings. The van der Waals surface area contributed by atoms with Crippen molar-refractivity contribution >= 4 is 11.2 Å². The molecule has 0 aliphatic carbocycles. The molecule has 8 nitrogen and oxygen atoms in total. The van der Waals surface area contributed by atoms with E-state index >= 15 is 0 Å². The van der Waals surface area contributed by atoms with Crippen LogP contribution >= 0.6 is 0 Å². The maximum Gasteiger partial charge on any atom is 0.419 e. The molecule has 0 radical (unpaired) electrons. The molecular formula is C25H23F7N6O2. The molecule has 4 heterocycles. The highest BCUT2D eigenvalue weighted by atomic mass is 19.4. The predicted molar refractivity (Wildman–Crippen MR) is 129 cm³/mol. The van der Waals surface area contributed by atoms with E-state index < -0.39 is 46.7 Å². The summed E-state index contributed by atoms with van der Waals surface area (Å²) in [5.41, 5.74) is -5.28. The van der Waals surface area contributed by atoms with Crippen molar-refractivity contribution in [3.05, 3.63) is 69.8 Å². The van der Waals surface area contributed by atoms with Gasteiger partial charge in [0, 0.05) is 29.1 Å². The number of imidazole rings is 1. The number of benzene rings is 1. The highest BCUT2D eigenvalue weighted by molar-refractivity contribution is 5.77. The molecule has 1 N–H and O–H groups in total. The summed E-state index contributed by atoms with van der Waals surface area (Å²) >= 11 is 0. The molecule has 1 fully saturated rings. The molecule has 15 heteroatoms. The van der Waals surface area contributed by atoms with Gasteiger partial charge in [0.25, 0.3) is 0 Å². The Labute approximate surface area is 221 Å². The molecule has 0 saturated carbocycles. The molecule has 1 aromatic carbocycles. The Morgan fingerprint density at radius 2 is 1.75 bits per heavy atom. The average Bonchev–Trinajstić information content (AvgIpc) is 3.47. The van der Waals surface area contributed by atoms with E-state index in [0.29, 0.717) is 15.9 Å². The second kappa shape index (κ2) is 9.94. The van der Waals surface area contributed by atoms with Gasteiger partial charge in [-0.3, -0.25) is 9.67 Å². The summed E-state index contributed by atoms with van der Waals surface area (Å²) in [6, 6.07) is 1.94. The summed E-state index contributed by atoms with van der Waals surface area (Å²) < 4.78 is 98.7. The SMILES string of the molecule is CC(On1c(=O)[nH]c2ncc(-c3cnn(C4CCN(C)CC4)c3)cc21)c1c(C(F)(F)F)ccc(F)c1C(F)(F)F. The zero-order valence-corrected chi connectivity index (χ0v) is 21.1. The molecule has 1 atom stereocenters. The predicted octanol–water partition coefficient (Wildman–Crippen LogP) is 5.22. The molecule has 1 unspecified atom stereocenters. The Bertz CT molecular complexity index is 1600. The van der Waals surface area contributed by atoms with Gasteiger partial charge in [-0.25, -0.2) is 14.2 Å². The minimum atomic E-state index is -5.47. The van der Waals surface area contributed by atoms with Crippen LogP contribution < -0.4 is 10.5 Å². The van der Waals surface area contributed by atoms with Crippen LogP contribution in [0.5, 0.6) is 0 Å². The van der Waals surface area contributed by atoms with E-state index in [1.807, 2.05) is 11.7 Å². The molecule has 1 aliphatic heterocycles. The van der Waals surface area contributed by atoms with Gasteiger partial charge in [-0.05, 0) is 58.1 Å². The summed E-state index contributed by atoms with van der Waals surface area (Å²) in [7, 11) is 2.03. The number of aromatic amines is 1. The largest absolute Gasteiger partial charge is 0.419 e. The van der Waals surface area contributed by atoms with Crippen LogP contribution in [0.15, 0.2) is 41.6 Å². The standard InChI is InChI=1S/C25H23F7N6O2/c1-13(20-17(24(27,28)29)3-4-18(26)21(20)25(30,31)32)40-38-19-9-14(10-33-22(19)35-23(38)39)15-11-34-37(12-15)16-5-7-36(2)8-6-16/h3-4,9-13,16H,5-8H2,1-2H3,(H,33,35,39). The average molecular weight is 572 g/mol. The summed E-state index contributed by atoms with van der Waals surface area (Å²) in [5, 5.41) is 4.42. The lowest BCUT2D eigenvalue weighted by Gasteiger charge is -2.28. The number of rotatable bonds is 5. The van der Waals surface area contributed by atoms with Crippen molar-refractivity contribution in [1.82, 2.24) is 29.4 Å². The third-order valence-electron chi connectivity index (χ3n) is 6.95. The quantitative estimate of drug-likeness (QED) is 0.332. The van der Waals surface area contributed by atoms with Crippen molar-refractivity contribution in [2.75, 3.05) is 20.1 Å². The van der Waals surface area contributed by atoms with Gasteiger partial charge < -0.3 is 9.74 Å². The fourth-order valence-corrected chi connectivity index (χ4v) is 4.94. The fraction of sp³-hybridized carbons (Fsp3) is 0.400. The first kappa shape index (κ1) is 27.7. The van der Waals surface area contributed by atoms with Crippen LogP contribution in [-0.4, -0.2) is 49.5 Å². The fourth-order valence-electron chi connectivity index (χ4n) is 4.94. The zero-order chi connectivity index (χ0) is 29.0. The van der Waals surface area contributed by atoms with Crippen LogP contribution in [0.1, 0.15) is 48.6 Å². The van der Waals surface area contributed by atoms with Gasteiger partial charge in [-0.2, -0.15) is 31.4 Å². The van der Waals surface area contributed by atoms with Crippen molar-refractivity contribution in [3.8, 4) is 11.1 Å². The number of H-pyrrole nitrogens is 1. The third-order valence-corrected chi connectivity index (χ3v) is 6.95. The van der Waals surface area contributed by atoms with Crippen LogP contribution in [0.25, 0.3) is 22.3 Å². The van der Waals surface area contributed by atoms with Crippen LogP contribution in [-0.2, 0) is 12.4 Å². The summed E-state index contributed by atoms with van der Waals surface area (Å²) in [5.74, 6) is -1.90. The van der Waals surface area contributed by atoms with Gasteiger partial charge in [0.1, 0.15) is 17.4 Å². The molecule has 40 heavy (non-hydrogen) atoms. The van der Waals surface area contributed by atoms with Crippen molar-refractivity contribution in [2.24, 2.45) is 0 Å². The minimum absolute atomic E-state index is 0.0185.